The number of carboxylic acid groups (broad SMARTS) is 1. The second-order valence-electron chi connectivity index (χ2n) is 4.66. The highest BCUT2D eigenvalue weighted by Gasteiger charge is 2.09. The van der Waals surface area contributed by atoms with Gasteiger partial charge in [-0.1, -0.05) is 6.07 Å². The van der Waals surface area contributed by atoms with Gasteiger partial charge in [-0.05, 0) is 37.1 Å². The molecule has 1 heterocycles. The minimum Gasteiger partial charge on any atom is -0.478 e. The van der Waals surface area contributed by atoms with Crippen LogP contribution in [-0.2, 0) is 11.3 Å². The molecule has 6 nitrogen and oxygen atoms in total. The Labute approximate surface area is 116 Å². The Morgan fingerprint density at radius 3 is 2.45 bits per heavy atom. The molecule has 1 aromatic carbocycles. The molecular weight excluding hydrogens is 258 g/mol. The van der Waals surface area contributed by atoms with Crippen molar-refractivity contribution in [2.75, 3.05) is 5.32 Å². The summed E-state index contributed by atoms with van der Waals surface area (Å²) < 4.78 is 1.29. The summed E-state index contributed by atoms with van der Waals surface area (Å²) in [5.41, 5.74) is 2.91. The van der Waals surface area contributed by atoms with E-state index in [1.54, 1.807) is 0 Å². The Bertz CT molecular complexity index is 641. The van der Waals surface area contributed by atoms with Gasteiger partial charge in [0.2, 0.25) is 5.91 Å². The molecule has 0 fully saturated rings. The van der Waals surface area contributed by atoms with Gasteiger partial charge in [0, 0.05) is 11.9 Å². The standard InChI is InChI=1S/C14H15N3O3/c1-9-3-10(2)5-12(4-9)16-13(18)8-17-7-11(6-15-17)14(19)20/h3-7H,8H2,1-2H3,(H,16,18)(H,19,20). The van der Waals surface area contributed by atoms with Gasteiger partial charge >= 0.3 is 5.97 Å². The van der Waals surface area contributed by atoms with Crippen molar-refractivity contribution in [1.29, 1.82) is 0 Å². The summed E-state index contributed by atoms with van der Waals surface area (Å²) in [5.74, 6) is -1.32. The van der Waals surface area contributed by atoms with Crippen LogP contribution in [0.4, 0.5) is 5.69 Å². The van der Waals surface area contributed by atoms with Crippen molar-refractivity contribution in [3.63, 3.8) is 0 Å². The van der Waals surface area contributed by atoms with Gasteiger partial charge in [-0.3, -0.25) is 9.48 Å². The van der Waals surface area contributed by atoms with Gasteiger partial charge in [-0.15, -0.1) is 0 Å². The molecule has 0 spiro atoms. The van der Waals surface area contributed by atoms with Gasteiger partial charge in [0.25, 0.3) is 0 Å². The molecule has 1 amide bonds. The van der Waals surface area contributed by atoms with Crippen molar-refractivity contribution in [2.24, 2.45) is 0 Å². The molecule has 2 aromatic rings. The third kappa shape index (κ3) is 3.44. The molecule has 1 aromatic heterocycles. The predicted molar refractivity (Wildman–Crippen MR) is 73.7 cm³/mol. The van der Waals surface area contributed by atoms with Gasteiger partial charge in [0.1, 0.15) is 6.54 Å². The topological polar surface area (TPSA) is 84.2 Å². The quantitative estimate of drug-likeness (QED) is 0.890. The fraction of sp³-hybridized carbons (Fsp3) is 0.214. The number of anilines is 1. The van der Waals surface area contributed by atoms with Crippen LogP contribution in [0.25, 0.3) is 0 Å². The van der Waals surface area contributed by atoms with Gasteiger partial charge < -0.3 is 10.4 Å². The number of amides is 1. The van der Waals surface area contributed by atoms with Crippen molar-refractivity contribution < 1.29 is 14.7 Å². The Kier molecular flexibility index (Phi) is 3.84. The average molecular weight is 273 g/mol. The fourth-order valence-electron chi connectivity index (χ4n) is 1.95. The maximum atomic E-state index is 11.9. The molecule has 0 atom stereocenters. The number of hydrogen-bond donors (Lipinski definition) is 2. The van der Waals surface area contributed by atoms with Gasteiger partial charge in [0.05, 0.1) is 11.8 Å². The molecule has 0 saturated carbocycles. The lowest BCUT2D eigenvalue weighted by Crippen LogP contribution is -2.19. The molecule has 0 aliphatic heterocycles. The molecule has 0 saturated heterocycles. The Balaban J connectivity index is 2.03. The third-order valence-electron chi connectivity index (χ3n) is 2.69. The van der Waals surface area contributed by atoms with Crippen LogP contribution in [0.2, 0.25) is 0 Å². The monoisotopic (exact) mass is 273 g/mol. The number of rotatable bonds is 4. The first-order valence-corrected chi connectivity index (χ1v) is 6.08. The molecule has 0 aliphatic rings. The minimum atomic E-state index is -1.06. The van der Waals surface area contributed by atoms with E-state index in [9.17, 15) is 9.59 Å². The van der Waals surface area contributed by atoms with E-state index >= 15 is 0 Å². The molecule has 0 unspecified atom stereocenters. The summed E-state index contributed by atoms with van der Waals surface area (Å²) in [4.78, 5) is 22.6. The van der Waals surface area contributed by atoms with Gasteiger partial charge in [-0.2, -0.15) is 5.10 Å². The predicted octanol–water partition coefficient (Wildman–Crippen LogP) is 1.84. The molecule has 104 valence electrons. The molecule has 6 heteroatoms. The maximum absolute atomic E-state index is 11.9. The van der Waals surface area contributed by atoms with Crippen molar-refractivity contribution >= 4 is 17.6 Å². The second kappa shape index (κ2) is 5.56. The number of carbonyl (C=O) groups is 2. The second-order valence-corrected chi connectivity index (χ2v) is 4.66. The number of nitrogens with zero attached hydrogens (tertiary/aromatic N) is 2. The van der Waals surface area contributed by atoms with Crippen LogP contribution in [0.1, 0.15) is 21.5 Å². The Morgan fingerprint density at radius 2 is 1.90 bits per heavy atom. The highest BCUT2D eigenvalue weighted by atomic mass is 16.4. The normalized spacial score (nSPS) is 10.3. The van der Waals surface area contributed by atoms with E-state index in [0.717, 1.165) is 16.8 Å². The summed E-state index contributed by atoms with van der Waals surface area (Å²) in [6, 6.07) is 5.76. The zero-order valence-corrected chi connectivity index (χ0v) is 11.3. The van der Waals surface area contributed by atoms with E-state index < -0.39 is 5.97 Å². The van der Waals surface area contributed by atoms with Crippen LogP contribution in [0.3, 0.4) is 0 Å². The van der Waals surface area contributed by atoms with Crippen molar-refractivity contribution in [2.45, 2.75) is 20.4 Å². The lowest BCUT2D eigenvalue weighted by molar-refractivity contribution is -0.116. The van der Waals surface area contributed by atoms with Crippen molar-refractivity contribution in [3.8, 4) is 0 Å². The zero-order chi connectivity index (χ0) is 14.7. The average Bonchev–Trinajstić information content (AvgIpc) is 2.75. The van der Waals surface area contributed by atoms with Crippen LogP contribution in [0.5, 0.6) is 0 Å². The van der Waals surface area contributed by atoms with Crippen LogP contribution in [0, 0.1) is 13.8 Å². The minimum absolute atomic E-state index is 0.0275. The van der Waals surface area contributed by atoms with Crippen molar-refractivity contribution in [1.82, 2.24) is 9.78 Å². The molecule has 0 bridgehead atoms. The molecule has 0 radical (unpaired) electrons. The number of carbonyl (C=O) groups excluding carboxylic acids is 1. The number of aromatic carboxylic acids is 1. The highest BCUT2D eigenvalue weighted by molar-refractivity contribution is 5.91. The van der Waals surface area contributed by atoms with E-state index in [4.69, 9.17) is 5.11 Å². The van der Waals surface area contributed by atoms with E-state index in [0.29, 0.717) is 0 Å². The SMILES string of the molecule is Cc1cc(C)cc(NC(=O)Cn2cc(C(=O)O)cn2)c1. The summed E-state index contributed by atoms with van der Waals surface area (Å²) >= 11 is 0. The maximum Gasteiger partial charge on any atom is 0.338 e. The van der Waals surface area contributed by atoms with E-state index in [1.165, 1.54) is 17.1 Å². The first-order chi connectivity index (χ1) is 9.44. The fourth-order valence-corrected chi connectivity index (χ4v) is 1.95. The van der Waals surface area contributed by atoms with Gasteiger partial charge in [0.15, 0.2) is 0 Å². The molecule has 0 aliphatic carbocycles. The van der Waals surface area contributed by atoms with Crippen LogP contribution in [0.15, 0.2) is 30.6 Å². The summed E-state index contributed by atoms with van der Waals surface area (Å²) in [5, 5.41) is 15.4. The number of benzene rings is 1. The van der Waals surface area contributed by atoms with E-state index in [2.05, 4.69) is 10.4 Å². The molecule has 2 rings (SSSR count). The number of nitrogens with one attached hydrogen (secondary N) is 1. The van der Waals surface area contributed by atoms with E-state index in [1.807, 2.05) is 32.0 Å². The number of aromatic nitrogens is 2. The molecule has 20 heavy (non-hydrogen) atoms. The van der Waals surface area contributed by atoms with Crippen molar-refractivity contribution in [3.05, 3.63) is 47.3 Å². The van der Waals surface area contributed by atoms with Gasteiger partial charge in [-0.25, -0.2) is 4.79 Å². The highest BCUT2D eigenvalue weighted by Crippen LogP contribution is 2.13. The third-order valence-corrected chi connectivity index (χ3v) is 2.69. The van der Waals surface area contributed by atoms with Crippen LogP contribution < -0.4 is 5.32 Å². The first kappa shape index (κ1) is 13.8. The van der Waals surface area contributed by atoms with Crippen LogP contribution >= 0.6 is 0 Å². The lowest BCUT2D eigenvalue weighted by Gasteiger charge is -2.07. The number of aryl methyl sites for hydroxylation is 2. The first-order valence-electron chi connectivity index (χ1n) is 6.08. The summed E-state index contributed by atoms with van der Waals surface area (Å²) in [6.45, 7) is 3.88. The smallest absolute Gasteiger partial charge is 0.338 e. The van der Waals surface area contributed by atoms with E-state index in [-0.39, 0.29) is 18.0 Å². The Hall–Kier alpha value is -2.63. The van der Waals surface area contributed by atoms with Crippen LogP contribution in [-0.4, -0.2) is 26.8 Å². The molecular formula is C14H15N3O3. The summed E-state index contributed by atoms with van der Waals surface area (Å²) in [6.07, 6.45) is 2.54. The summed E-state index contributed by atoms with van der Waals surface area (Å²) in [7, 11) is 0. The number of hydrogen-bond acceptors (Lipinski definition) is 3. The lowest BCUT2D eigenvalue weighted by atomic mass is 10.1. The zero-order valence-electron chi connectivity index (χ0n) is 11.3. The largest absolute Gasteiger partial charge is 0.478 e. The molecule has 2 N–H and O–H groups in total. The Morgan fingerprint density at radius 1 is 1.25 bits per heavy atom. The number of carboxylic acids is 1.